The van der Waals surface area contributed by atoms with Gasteiger partial charge in [0.2, 0.25) is 5.91 Å². The van der Waals surface area contributed by atoms with Gasteiger partial charge in [-0.3, -0.25) is 19.4 Å². The number of amides is 3. The summed E-state index contributed by atoms with van der Waals surface area (Å²) in [5.74, 6) is -0.0260. The largest absolute Gasteiger partial charge is 0.493 e. The number of rotatable bonds is 13. The van der Waals surface area contributed by atoms with E-state index in [4.69, 9.17) is 9.47 Å². The molecule has 6 aromatic rings. The molecule has 3 N–H and O–H groups in total. The van der Waals surface area contributed by atoms with E-state index < -0.39 is 17.1 Å². The summed E-state index contributed by atoms with van der Waals surface area (Å²) >= 11 is 2.65. The lowest BCUT2D eigenvalue weighted by molar-refractivity contribution is -0.116. The van der Waals surface area contributed by atoms with E-state index in [0.717, 1.165) is 16.0 Å². The second kappa shape index (κ2) is 17.1. The van der Waals surface area contributed by atoms with Crippen molar-refractivity contribution >= 4 is 57.7 Å². The summed E-state index contributed by atoms with van der Waals surface area (Å²) in [6.45, 7) is 0. The summed E-state index contributed by atoms with van der Waals surface area (Å²) in [6.07, 6.45) is 4.78. The Hall–Kier alpha value is -6.24. The minimum absolute atomic E-state index is 0.0392. The molecule has 2 heterocycles. The van der Waals surface area contributed by atoms with Gasteiger partial charge in [-0.15, -0.1) is 23.1 Å². The van der Waals surface area contributed by atoms with Crippen LogP contribution < -0.4 is 25.4 Å². The molecule has 52 heavy (non-hydrogen) atoms. The zero-order valence-corrected chi connectivity index (χ0v) is 29.7. The number of thioether (sulfide) groups is 1. The molecule has 0 fully saturated rings. The lowest BCUT2D eigenvalue weighted by atomic mass is 10.1. The number of carbonyl (C=O) groups excluding carboxylic acids is 3. The maximum Gasteiger partial charge on any atom is 0.272 e. The summed E-state index contributed by atoms with van der Waals surface area (Å²) in [5, 5.41) is 10.3. The fourth-order valence-electron chi connectivity index (χ4n) is 5.08. The summed E-state index contributed by atoms with van der Waals surface area (Å²) < 4.78 is 10.8. The number of anilines is 2. The maximum absolute atomic E-state index is 13.9. The third-order valence-electron chi connectivity index (χ3n) is 7.62. The lowest BCUT2D eigenvalue weighted by Crippen LogP contribution is -2.30. The number of thiazole rings is 1. The third kappa shape index (κ3) is 9.10. The molecule has 0 saturated carbocycles. The van der Waals surface area contributed by atoms with Gasteiger partial charge in [0.25, 0.3) is 11.8 Å². The molecule has 0 saturated heterocycles. The summed E-state index contributed by atoms with van der Waals surface area (Å²) in [7, 11) is 3.15. The van der Waals surface area contributed by atoms with Crippen LogP contribution in [0.5, 0.6) is 11.5 Å². The first-order valence-corrected chi connectivity index (χ1v) is 17.8. The summed E-state index contributed by atoms with van der Waals surface area (Å²) in [5.41, 5.74) is 3.86. The summed E-state index contributed by atoms with van der Waals surface area (Å²) in [6, 6.07) is 34.3. The SMILES string of the molecule is COc1ccc(-c2csc(NC(=O)C(Sc3cccc(NC(=O)/C(=C/c4cccnc4)NC(=O)c4ccccc4)c3)c3ccccc3)n2)cc1OC. The van der Waals surface area contributed by atoms with E-state index in [9.17, 15) is 14.4 Å². The highest BCUT2D eigenvalue weighted by Crippen LogP contribution is 2.38. The molecule has 0 spiro atoms. The molecule has 1 unspecified atom stereocenters. The van der Waals surface area contributed by atoms with Crippen molar-refractivity contribution in [1.82, 2.24) is 15.3 Å². The van der Waals surface area contributed by atoms with Gasteiger partial charge in [-0.1, -0.05) is 60.7 Å². The molecule has 2 aromatic heterocycles. The van der Waals surface area contributed by atoms with Gasteiger partial charge < -0.3 is 25.4 Å². The van der Waals surface area contributed by atoms with Crippen molar-refractivity contribution in [3.63, 3.8) is 0 Å². The molecule has 6 rings (SSSR count). The monoisotopic (exact) mass is 727 g/mol. The number of benzene rings is 4. The van der Waals surface area contributed by atoms with Gasteiger partial charge in [0.1, 0.15) is 10.9 Å². The van der Waals surface area contributed by atoms with Crippen molar-refractivity contribution in [1.29, 1.82) is 0 Å². The Labute approximate surface area is 309 Å². The van der Waals surface area contributed by atoms with E-state index in [2.05, 4.69) is 25.9 Å². The van der Waals surface area contributed by atoms with Crippen LogP contribution in [0, 0.1) is 0 Å². The Kier molecular flexibility index (Phi) is 11.7. The standard InChI is InChI=1S/C40H33N5O5S2/c1-49-34-19-18-29(22-35(34)50-2)33-25-51-40(44-33)45-39(48)36(27-12-5-3-6-13-27)52-31-17-9-16-30(23-31)42-38(47)32(21-26-11-10-20-41-24-26)43-37(46)28-14-7-4-8-15-28/h3-25,36H,1-2H3,(H,42,47)(H,43,46)(H,44,45,48)/b32-21-. The Balaban J connectivity index is 1.20. The van der Waals surface area contributed by atoms with Gasteiger partial charge in [-0.25, -0.2) is 4.98 Å². The number of carbonyl (C=O) groups is 3. The van der Waals surface area contributed by atoms with Crippen LogP contribution in [0.25, 0.3) is 17.3 Å². The Morgan fingerprint density at radius 3 is 2.31 bits per heavy atom. The van der Waals surface area contributed by atoms with Crippen LogP contribution in [-0.2, 0) is 9.59 Å². The van der Waals surface area contributed by atoms with Crippen LogP contribution >= 0.6 is 23.1 Å². The lowest BCUT2D eigenvalue weighted by Gasteiger charge is -2.17. The number of nitrogens with one attached hydrogen (secondary N) is 3. The smallest absolute Gasteiger partial charge is 0.272 e. The maximum atomic E-state index is 13.9. The van der Waals surface area contributed by atoms with Crippen molar-refractivity contribution in [2.45, 2.75) is 10.1 Å². The highest BCUT2D eigenvalue weighted by molar-refractivity contribution is 8.00. The van der Waals surface area contributed by atoms with E-state index in [1.807, 2.05) is 66.0 Å². The minimum Gasteiger partial charge on any atom is -0.493 e. The van der Waals surface area contributed by atoms with Crippen molar-refractivity contribution in [2.24, 2.45) is 0 Å². The molecule has 1 atom stereocenters. The second-order valence-electron chi connectivity index (χ2n) is 11.2. The molecular formula is C40H33N5O5S2. The average molecular weight is 728 g/mol. The predicted molar refractivity (Wildman–Crippen MR) is 206 cm³/mol. The fourth-order valence-corrected chi connectivity index (χ4v) is 6.89. The fraction of sp³-hybridized carbons (Fsp3) is 0.0750. The molecule has 12 heteroatoms. The van der Waals surface area contributed by atoms with Crippen molar-refractivity contribution < 1.29 is 23.9 Å². The molecule has 0 radical (unpaired) electrons. The number of methoxy groups -OCH3 is 2. The molecular weight excluding hydrogens is 695 g/mol. The Bertz CT molecular complexity index is 2190. The minimum atomic E-state index is -0.646. The molecule has 0 aliphatic rings. The number of hydrogen-bond acceptors (Lipinski definition) is 9. The van der Waals surface area contributed by atoms with E-state index in [0.29, 0.717) is 39.1 Å². The molecule has 10 nitrogen and oxygen atoms in total. The molecule has 3 amide bonds. The van der Waals surface area contributed by atoms with Gasteiger partial charge >= 0.3 is 0 Å². The molecule has 4 aromatic carbocycles. The van der Waals surface area contributed by atoms with Gasteiger partial charge in [0, 0.05) is 39.5 Å². The number of ether oxygens (including phenoxy) is 2. The van der Waals surface area contributed by atoms with Crippen LogP contribution in [0.3, 0.4) is 0 Å². The zero-order chi connectivity index (χ0) is 36.3. The van der Waals surface area contributed by atoms with E-state index in [1.165, 1.54) is 23.1 Å². The molecule has 0 aliphatic carbocycles. The first-order chi connectivity index (χ1) is 25.4. The third-order valence-corrected chi connectivity index (χ3v) is 9.63. The number of aromatic nitrogens is 2. The van der Waals surface area contributed by atoms with E-state index >= 15 is 0 Å². The molecule has 0 aliphatic heterocycles. The van der Waals surface area contributed by atoms with Gasteiger partial charge in [0.15, 0.2) is 16.6 Å². The predicted octanol–water partition coefficient (Wildman–Crippen LogP) is 8.10. The van der Waals surface area contributed by atoms with E-state index in [-0.39, 0.29) is 11.6 Å². The van der Waals surface area contributed by atoms with Crippen LogP contribution in [-0.4, -0.2) is 41.9 Å². The first kappa shape index (κ1) is 35.6. The second-order valence-corrected chi connectivity index (χ2v) is 13.2. The van der Waals surface area contributed by atoms with Crippen LogP contribution in [0.15, 0.2) is 144 Å². The van der Waals surface area contributed by atoms with Crippen molar-refractivity contribution in [2.75, 3.05) is 24.9 Å². The number of pyridine rings is 1. The van der Waals surface area contributed by atoms with Gasteiger partial charge in [-0.05, 0) is 71.8 Å². The topological polar surface area (TPSA) is 132 Å². The molecule has 260 valence electrons. The van der Waals surface area contributed by atoms with Crippen LogP contribution in [0.2, 0.25) is 0 Å². The Morgan fingerprint density at radius 2 is 1.58 bits per heavy atom. The van der Waals surface area contributed by atoms with Gasteiger partial charge in [-0.2, -0.15) is 0 Å². The normalized spacial score (nSPS) is 11.6. The van der Waals surface area contributed by atoms with E-state index in [1.54, 1.807) is 87.3 Å². The van der Waals surface area contributed by atoms with Crippen LogP contribution in [0.1, 0.15) is 26.7 Å². The Morgan fingerprint density at radius 1 is 0.808 bits per heavy atom. The zero-order valence-electron chi connectivity index (χ0n) is 28.1. The van der Waals surface area contributed by atoms with Crippen molar-refractivity contribution in [3.05, 3.63) is 155 Å². The quantitative estimate of drug-likeness (QED) is 0.0804. The van der Waals surface area contributed by atoms with Gasteiger partial charge in [0.05, 0.1) is 19.9 Å². The average Bonchev–Trinajstić information content (AvgIpc) is 3.66. The van der Waals surface area contributed by atoms with Crippen LogP contribution in [0.4, 0.5) is 10.8 Å². The number of nitrogens with zero attached hydrogens (tertiary/aromatic N) is 2. The first-order valence-electron chi connectivity index (χ1n) is 16.0. The number of hydrogen-bond donors (Lipinski definition) is 3. The van der Waals surface area contributed by atoms with Crippen molar-refractivity contribution in [3.8, 4) is 22.8 Å². The highest BCUT2D eigenvalue weighted by Gasteiger charge is 2.24. The molecule has 0 bridgehead atoms. The summed E-state index contributed by atoms with van der Waals surface area (Å²) in [4.78, 5) is 50.0. The highest BCUT2D eigenvalue weighted by atomic mass is 32.2.